The predicted molar refractivity (Wildman–Crippen MR) is 237 cm³/mol. The molecule has 2 nitrogen and oxygen atoms in total. The van der Waals surface area contributed by atoms with Crippen LogP contribution in [0.4, 0.5) is 17.1 Å². The molecule has 0 aliphatic rings. The van der Waals surface area contributed by atoms with Crippen molar-refractivity contribution in [2.45, 2.75) is 0 Å². The van der Waals surface area contributed by atoms with Gasteiger partial charge in [0.15, 0.2) is 0 Å². The summed E-state index contributed by atoms with van der Waals surface area (Å²) in [5.41, 5.74) is 16.3. The smallest absolute Gasteiger partial charge is 0.0562 e. The minimum absolute atomic E-state index is 1.08. The maximum atomic E-state index is 2.45. The number of aromatic nitrogens is 1. The van der Waals surface area contributed by atoms with Gasteiger partial charge in [-0.15, -0.1) is 0 Å². The Morgan fingerprint density at radius 3 is 1.39 bits per heavy atom. The normalized spacial score (nSPS) is 11.2. The quantitative estimate of drug-likeness (QED) is 0.152. The highest BCUT2D eigenvalue weighted by atomic mass is 15.1. The molecular formula is C54H38N2. The maximum Gasteiger partial charge on any atom is 0.0562 e. The number of hydrogen-bond donors (Lipinski definition) is 0. The Balaban J connectivity index is 1.23. The molecule has 10 aromatic rings. The Morgan fingerprint density at radius 2 is 0.786 bits per heavy atom. The van der Waals surface area contributed by atoms with Gasteiger partial charge in [-0.1, -0.05) is 170 Å². The maximum absolute atomic E-state index is 2.45. The van der Waals surface area contributed by atoms with Crippen LogP contribution in [0.2, 0.25) is 0 Å². The summed E-state index contributed by atoms with van der Waals surface area (Å²) < 4.78 is 2.39. The van der Waals surface area contributed by atoms with Crippen molar-refractivity contribution in [2.75, 3.05) is 4.90 Å². The Morgan fingerprint density at radius 1 is 0.304 bits per heavy atom. The van der Waals surface area contributed by atoms with Crippen LogP contribution in [-0.4, -0.2) is 4.57 Å². The first kappa shape index (κ1) is 33.2. The van der Waals surface area contributed by atoms with Gasteiger partial charge in [0.25, 0.3) is 0 Å². The van der Waals surface area contributed by atoms with Crippen molar-refractivity contribution < 1.29 is 0 Å². The van der Waals surface area contributed by atoms with Gasteiger partial charge in [0.05, 0.1) is 16.7 Å². The third-order valence-electron chi connectivity index (χ3n) is 10.8. The van der Waals surface area contributed by atoms with Crippen molar-refractivity contribution in [3.8, 4) is 50.2 Å². The fraction of sp³-hybridized carbons (Fsp3) is 0. The lowest BCUT2D eigenvalue weighted by atomic mass is 9.94. The van der Waals surface area contributed by atoms with Crippen LogP contribution in [0, 0.1) is 0 Å². The summed E-state index contributed by atoms with van der Waals surface area (Å²) in [4.78, 5) is 2.45. The Hall–Kier alpha value is -7.42. The first-order chi connectivity index (χ1) is 27.8. The zero-order chi connectivity index (χ0) is 37.3. The van der Waals surface area contributed by atoms with Crippen LogP contribution in [0.3, 0.4) is 0 Å². The van der Waals surface area contributed by atoms with Gasteiger partial charge in [0, 0.05) is 27.8 Å². The van der Waals surface area contributed by atoms with E-state index in [0.29, 0.717) is 0 Å². The molecule has 0 saturated heterocycles. The van der Waals surface area contributed by atoms with Gasteiger partial charge in [-0.25, -0.2) is 0 Å². The number of rotatable bonds is 8. The van der Waals surface area contributed by atoms with Crippen molar-refractivity contribution in [1.29, 1.82) is 0 Å². The number of nitrogens with zero attached hydrogens (tertiary/aromatic N) is 2. The highest BCUT2D eigenvalue weighted by molar-refractivity contribution is 6.16. The Labute approximate surface area is 327 Å². The molecule has 0 aliphatic carbocycles. The minimum atomic E-state index is 1.08. The molecule has 2 heteroatoms. The van der Waals surface area contributed by atoms with E-state index in [1.165, 1.54) is 60.8 Å². The molecule has 0 spiro atoms. The number of hydrogen-bond acceptors (Lipinski definition) is 1. The largest absolute Gasteiger partial charge is 0.310 e. The van der Waals surface area contributed by atoms with E-state index >= 15 is 0 Å². The molecule has 0 amide bonds. The molecule has 1 aromatic heterocycles. The van der Waals surface area contributed by atoms with Crippen molar-refractivity contribution in [1.82, 2.24) is 4.57 Å². The van der Waals surface area contributed by atoms with Crippen LogP contribution >= 0.6 is 0 Å². The molecule has 0 N–H and O–H groups in total. The molecule has 0 unspecified atom stereocenters. The van der Waals surface area contributed by atoms with Crippen LogP contribution < -0.4 is 4.90 Å². The van der Waals surface area contributed by atoms with E-state index < -0.39 is 0 Å². The third-order valence-corrected chi connectivity index (χ3v) is 10.8. The van der Waals surface area contributed by atoms with E-state index in [0.717, 1.165) is 28.3 Å². The number of fused-ring (bicyclic) bond motifs is 3. The first-order valence-corrected chi connectivity index (χ1v) is 19.2. The molecule has 0 atom stereocenters. The molecule has 0 radical (unpaired) electrons. The molecule has 0 aliphatic heterocycles. The lowest BCUT2D eigenvalue weighted by molar-refractivity contribution is 1.18. The van der Waals surface area contributed by atoms with Crippen molar-refractivity contribution in [3.63, 3.8) is 0 Å². The zero-order valence-electron chi connectivity index (χ0n) is 30.8. The van der Waals surface area contributed by atoms with Gasteiger partial charge >= 0.3 is 0 Å². The summed E-state index contributed by atoms with van der Waals surface area (Å²) in [5.74, 6) is 0. The van der Waals surface area contributed by atoms with E-state index in [9.17, 15) is 0 Å². The summed E-state index contributed by atoms with van der Waals surface area (Å²) in [7, 11) is 0. The van der Waals surface area contributed by atoms with E-state index in [4.69, 9.17) is 0 Å². The molecule has 0 bridgehead atoms. The molecule has 0 saturated carbocycles. The second-order valence-electron chi connectivity index (χ2n) is 14.2. The van der Waals surface area contributed by atoms with E-state index in [1.54, 1.807) is 0 Å². The number of para-hydroxylation sites is 2. The highest BCUT2D eigenvalue weighted by Gasteiger charge is 2.22. The molecule has 56 heavy (non-hydrogen) atoms. The summed E-state index contributed by atoms with van der Waals surface area (Å²) in [6, 6.07) is 83.1. The lowest BCUT2D eigenvalue weighted by Crippen LogP contribution is -2.11. The van der Waals surface area contributed by atoms with Gasteiger partial charge in [-0.3, -0.25) is 0 Å². The van der Waals surface area contributed by atoms with E-state index in [2.05, 4.69) is 240 Å². The fourth-order valence-corrected chi connectivity index (χ4v) is 8.20. The molecular weight excluding hydrogens is 677 g/mol. The topological polar surface area (TPSA) is 8.17 Å². The summed E-state index contributed by atoms with van der Waals surface area (Å²) in [6.07, 6.45) is 0. The van der Waals surface area contributed by atoms with Crippen LogP contribution in [-0.2, 0) is 0 Å². The van der Waals surface area contributed by atoms with E-state index in [1.807, 2.05) is 0 Å². The van der Waals surface area contributed by atoms with Crippen LogP contribution in [0.25, 0.3) is 72.0 Å². The van der Waals surface area contributed by atoms with E-state index in [-0.39, 0.29) is 0 Å². The molecule has 1 heterocycles. The van der Waals surface area contributed by atoms with Crippen LogP contribution in [0.5, 0.6) is 0 Å². The SMILES string of the molecule is c1ccc(-c2cc(-c3ccccc3)cc(N(c3ccc(-c4ccccc4-c4ccccc4)cc3)c3cccc4c3c3ccccc3n4-c3ccccc3)c2)cc1. The minimum Gasteiger partial charge on any atom is -0.310 e. The van der Waals surface area contributed by atoms with Gasteiger partial charge in [-0.05, 0) is 105 Å². The second kappa shape index (κ2) is 14.4. The number of anilines is 3. The summed E-state index contributed by atoms with van der Waals surface area (Å²) in [6.45, 7) is 0. The van der Waals surface area contributed by atoms with Crippen LogP contribution in [0.1, 0.15) is 0 Å². The Bertz CT molecular complexity index is 2870. The summed E-state index contributed by atoms with van der Waals surface area (Å²) >= 11 is 0. The molecule has 264 valence electrons. The van der Waals surface area contributed by atoms with Crippen molar-refractivity contribution >= 4 is 38.9 Å². The average molecular weight is 715 g/mol. The standard InChI is InChI=1S/C54H38N2/c1-5-18-39(19-6-1)43-36-44(40-20-7-2-8-21-40)38-47(37-43)55(46-34-32-42(33-35-46)49-27-14-13-26-48(49)41-22-9-3-10-23-41)52-30-17-31-53-54(52)50-28-15-16-29-51(50)56(53)45-24-11-4-12-25-45/h1-38H. The first-order valence-electron chi connectivity index (χ1n) is 19.2. The van der Waals surface area contributed by atoms with Gasteiger partial charge in [0.1, 0.15) is 0 Å². The van der Waals surface area contributed by atoms with Gasteiger partial charge in [0.2, 0.25) is 0 Å². The average Bonchev–Trinajstić information content (AvgIpc) is 3.63. The van der Waals surface area contributed by atoms with Gasteiger partial charge < -0.3 is 9.47 Å². The predicted octanol–water partition coefficient (Wildman–Crippen LogP) is 14.9. The van der Waals surface area contributed by atoms with Crippen LogP contribution in [0.15, 0.2) is 231 Å². The third kappa shape index (κ3) is 6.04. The second-order valence-corrected chi connectivity index (χ2v) is 14.2. The Kier molecular flexibility index (Phi) is 8.55. The molecule has 0 fully saturated rings. The molecule has 9 aromatic carbocycles. The van der Waals surface area contributed by atoms with Crippen molar-refractivity contribution in [3.05, 3.63) is 231 Å². The molecule has 10 rings (SSSR count). The number of benzene rings is 9. The monoisotopic (exact) mass is 714 g/mol. The lowest BCUT2D eigenvalue weighted by Gasteiger charge is -2.28. The zero-order valence-corrected chi connectivity index (χ0v) is 30.8. The van der Waals surface area contributed by atoms with Gasteiger partial charge in [-0.2, -0.15) is 0 Å². The highest BCUT2D eigenvalue weighted by Crippen LogP contribution is 2.46. The van der Waals surface area contributed by atoms with Crippen molar-refractivity contribution in [2.24, 2.45) is 0 Å². The fourth-order valence-electron chi connectivity index (χ4n) is 8.20. The summed E-state index contributed by atoms with van der Waals surface area (Å²) in [5, 5.41) is 2.42.